The van der Waals surface area contributed by atoms with Crippen LogP contribution in [-0.4, -0.2) is 36.2 Å². The second-order valence-electron chi connectivity index (χ2n) is 6.85. The molecule has 6 atom stereocenters. The first-order valence-electron chi connectivity index (χ1n) is 7.52. The van der Waals surface area contributed by atoms with Crippen molar-refractivity contribution in [2.24, 2.45) is 11.8 Å². The fourth-order valence-corrected chi connectivity index (χ4v) is 4.32. The summed E-state index contributed by atoms with van der Waals surface area (Å²) in [6, 6.07) is 1.42. The molecule has 3 rings (SSSR count). The molecule has 1 heterocycles. The van der Waals surface area contributed by atoms with Gasteiger partial charge in [0.25, 0.3) is 0 Å². The Balaban J connectivity index is 1.74. The molecule has 0 spiro atoms. The van der Waals surface area contributed by atoms with E-state index in [0.29, 0.717) is 24.3 Å². The molecule has 0 N–H and O–H groups in total. The molecular formula is C15H27NO. The van der Waals surface area contributed by atoms with Gasteiger partial charge >= 0.3 is 0 Å². The number of fused-ring (bicyclic) bond motifs is 2. The lowest BCUT2D eigenvalue weighted by molar-refractivity contribution is -0.178. The van der Waals surface area contributed by atoms with E-state index in [2.05, 4.69) is 25.8 Å². The topological polar surface area (TPSA) is 12.5 Å². The van der Waals surface area contributed by atoms with Gasteiger partial charge in [0, 0.05) is 12.1 Å². The van der Waals surface area contributed by atoms with Crippen molar-refractivity contribution in [2.75, 3.05) is 7.05 Å². The van der Waals surface area contributed by atoms with Crippen LogP contribution < -0.4 is 0 Å². The van der Waals surface area contributed by atoms with E-state index in [1.807, 2.05) is 0 Å². The number of ether oxygens (including phenoxy) is 1. The number of hydrogen-bond acceptors (Lipinski definition) is 2. The smallest absolute Gasteiger partial charge is 0.0737 e. The summed E-state index contributed by atoms with van der Waals surface area (Å²) in [5.74, 6) is 1.73. The molecule has 1 aliphatic heterocycles. The normalized spacial score (nSPS) is 51.7. The van der Waals surface area contributed by atoms with Crippen LogP contribution in [0.2, 0.25) is 0 Å². The van der Waals surface area contributed by atoms with E-state index in [9.17, 15) is 0 Å². The Morgan fingerprint density at radius 2 is 1.29 bits per heavy atom. The molecule has 0 amide bonds. The van der Waals surface area contributed by atoms with Crippen molar-refractivity contribution in [1.29, 1.82) is 0 Å². The predicted molar refractivity (Wildman–Crippen MR) is 70.0 cm³/mol. The van der Waals surface area contributed by atoms with Gasteiger partial charge in [-0.15, -0.1) is 0 Å². The van der Waals surface area contributed by atoms with Crippen LogP contribution in [0.25, 0.3) is 0 Å². The first-order valence-corrected chi connectivity index (χ1v) is 7.52. The molecule has 2 aliphatic carbocycles. The lowest BCUT2D eigenvalue weighted by Crippen LogP contribution is -2.61. The highest BCUT2D eigenvalue weighted by atomic mass is 16.5. The minimum atomic E-state index is 0.523. The van der Waals surface area contributed by atoms with Crippen molar-refractivity contribution in [3.05, 3.63) is 0 Å². The van der Waals surface area contributed by atoms with E-state index in [4.69, 9.17) is 4.74 Å². The number of nitrogens with zero attached hydrogens (tertiary/aromatic N) is 1. The second kappa shape index (κ2) is 4.55. The molecule has 3 aliphatic rings. The van der Waals surface area contributed by atoms with Crippen molar-refractivity contribution in [1.82, 2.24) is 4.90 Å². The third kappa shape index (κ3) is 2.15. The molecule has 0 bridgehead atoms. The van der Waals surface area contributed by atoms with Crippen LogP contribution in [0.15, 0.2) is 0 Å². The van der Waals surface area contributed by atoms with Gasteiger partial charge in [0.15, 0.2) is 0 Å². The van der Waals surface area contributed by atoms with E-state index in [0.717, 1.165) is 11.8 Å². The van der Waals surface area contributed by atoms with Gasteiger partial charge in [-0.25, -0.2) is 0 Å². The first-order chi connectivity index (χ1) is 8.15. The molecule has 3 fully saturated rings. The van der Waals surface area contributed by atoms with Gasteiger partial charge in [0.1, 0.15) is 0 Å². The van der Waals surface area contributed by atoms with E-state index in [1.54, 1.807) is 0 Å². The zero-order valence-electron chi connectivity index (χ0n) is 11.6. The highest BCUT2D eigenvalue weighted by Gasteiger charge is 2.45. The monoisotopic (exact) mass is 237 g/mol. The van der Waals surface area contributed by atoms with Crippen LogP contribution in [0.4, 0.5) is 0 Å². The zero-order valence-corrected chi connectivity index (χ0v) is 11.6. The number of rotatable bonds is 0. The molecule has 0 radical (unpaired) electrons. The van der Waals surface area contributed by atoms with E-state index >= 15 is 0 Å². The minimum Gasteiger partial charge on any atom is -0.372 e. The van der Waals surface area contributed by atoms with Crippen molar-refractivity contribution in [2.45, 2.75) is 76.7 Å². The molecule has 2 saturated carbocycles. The summed E-state index contributed by atoms with van der Waals surface area (Å²) in [5.41, 5.74) is 0. The van der Waals surface area contributed by atoms with Gasteiger partial charge in [0.05, 0.1) is 12.2 Å². The molecule has 2 nitrogen and oxygen atoms in total. The molecule has 2 heteroatoms. The Kier molecular flexibility index (Phi) is 3.20. The number of hydrogen-bond donors (Lipinski definition) is 0. The van der Waals surface area contributed by atoms with E-state index in [-0.39, 0.29) is 0 Å². The maximum absolute atomic E-state index is 6.46. The lowest BCUT2D eigenvalue weighted by Gasteiger charge is -2.53. The third-order valence-corrected chi connectivity index (χ3v) is 5.43. The van der Waals surface area contributed by atoms with Gasteiger partial charge in [-0.3, -0.25) is 4.90 Å². The molecule has 0 aromatic rings. The Morgan fingerprint density at radius 3 is 1.76 bits per heavy atom. The van der Waals surface area contributed by atoms with Crippen molar-refractivity contribution in [3.63, 3.8) is 0 Å². The summed E-state index contributed by atoms with van der Waals surface area (Å²) < 4.78 is 6.46. The minimum absolute atomic E-state index is 0.523. The fraction of sp³-hybridized carbons (Fsp3) is 1.00. The molecule has 0 aromatic heterocycles. The Labute approximate surface area is 106 Å². The lowest BCUT2D eigenvalue weighted by atomic mass is 9.77. The average Bonchev–Trinajstić information content (AvgIpc) is 2.28. The molecule has 17 heavy (non-hydrogen) atoms. The van der Waals surface area contributed by atoms with Gasteiger partial charge in [-0.1, -0.05) is 13.8 Å². The van der Waals surface area contributed by atoms with Crippen LogP contribution in [0.3, 0.4) is 0 Å². The molecule has 0 aromatic carbocycles. The van der Waals surface area contributed by atoms with Crippen LogP contribution in [0, 0.1) is 11.8 Å². The number of likely N-dealkylation sites (N-methyl/N-ethyl adjacent to an activating group) is 1. The van der Waals surface area contributed by atoms with Crippen molar-refractivity contribution in [3.8, 4) is 0 Å². The molecule has 6 unspecified atom stereocenters. The maximum atomic E-state index is 6.46. The van der Waals surface area contributed by atoms with Crippen LogP contribution in [0.5, 0.6) is 0 Å². The Hall–Kier alpha value is -0.0800. The van der Waals surface area contributed by atoms with Gasteiger partial charge in [-0.2, -0.15) is 0 Å². The predicted octanol–water partition coefficient (Wildman–Crippen LogP) is 3.06. The van der Waals surface area contributed by atoms with Crippen molar-refractivity contribution >= 4 is 0 Å². The Bertz CT molecular complexity index is 250. The SMILES string of the molecule is CC1CCC2C(C1)OC1CC(C)CCC1N2C. The Morgan fingerprint density at radius 1 is 0.824 bits per heavy atom. The highest BCUT2D eigenvalue weighted by Crippen LogP contribution is 2.40. The van der Waals surface area contributed by atoms with Crippen LogP contribution >= 0.6 is 0 Å². The quantitative estimate of drug-likeness (QED) is 0.642. The fourth-order valence-electron chi connectivity index (χ4n) is 4.32. The largest absolute Gasteiger partial charge is 0.372 e. The maximum Gasteiger partial charge on any atom is 0.0737 e. The summed E-state index contributed by atoms with van der Waals surface area (Å²) in [6.45, 7) is 4.77. The van der Waals surface area contributed by atoms with E-state index < -0.39 is 0 Å². The summed E-state index contributed by atoms with van der Waals surface area (Å²) in [5, 5.41) is 0. The summed E-state index contributed by atoms with van der Waals surface area (Å²) in [4.78, 5) is 2.68. The van der Waals surface area contributed by atoms with E-state index in [1.165, 1.54) is 38.5 Å². The van der Waals surface area contributed by atoms with Gasteiger partial charge in [-0.05, 0) is 57.4 Å². The van der Waals surface area contributed by atoms with Crippen molar-refractivity contribution < 1.29 is 4.74 Å². The third-order valence-electron chi connectivity index (χ3n) is 5.43. The summed E-state index contributed by atoms with van der Waals surface area (Å²) in [7, 11) is 2.35. The average molecular weight is 237 g/mol. The summed E-state index contributed by atoms with van der Waals surface area (Å²) in [6.07, 6.45) is 9.10. The zero-order chi connectivity index (χ0) is 12.0. The highest BCUT2D eigenvalue weighted by molar-refractivity contribution is 4.97. The standard InChI is InChI=1S/C15H27NO/c1-10-4-6-12-14(8-10)17-15-9-11(2)5-7-13(15)16(12)3/h10-15H,4-9H2,1-3H3. The number of morpholine rings is 1. The van der Waals surface area contributed by atoms with Gasteiger partial charge in [0.2, 0.25) is 0 Å². The second-order valence-corrected chi connectivity index (χ2v) is 6.85. The summed E-state index contributed by atoms with van der Waals surface area (Å²) >= 11 is 0. The molecular weight excluding hydrogens is 210 g/mol. The first kappa shape index (κ1) is 12.0. The van der Waals surface area contributed by atoms with Crippen LogP contribution in [-0.2, 0) is 4.74 Å². The van der Waals surface area contributed by atoms with Crippen LogP contribution in [0.1, 0.15) is 52.4 Å². The molecule has 98 valence electrons. The van der Waals surface area contributed by atoms with Gasteiger partial charge < -0.3 is 4.74 Å². The molecule has 1 saturated heterocycles.